The standard InChI is InChI=1S/C11H15FN2O2/c1-8(2)14(6-5-11(15)16)10-4-3-9(12)7-13-10/h3-4,7-8H,5-6H2,1-2H3,(H,15,16). The van der Waals surface area contributed by atoms with Gasteiger partial charge in [0, 0.05) is 12.6 Å². The molecule has 0 atom stereocenters. The highest BCUT2D eigenvalue weighted by atomic mass is 19.1. The molecule has 0 unspecified atom stereocenters. The number of rotatable bonds is 5. The van der Waals surface area contributed by atoms with Gasteiger partial charge in [0.1, 0.15) is 11.6 Å². The number of halogens is 1. The van der Waals surface area contributed by atoms with Crippen LogP contribution in [0.4, 0.5) is 10.2 Å². The van der Waals surface area contributed by atoms with Crippen LogP contribution >= 0.6 is 0 Å². The zero-order valence-electron chi connectivity index (χ0n) is 9.35. The fraction of sp³-hybridized carbons (Fsp3) is 0.455. The van der Waals surface area contributed by atoms with Crippen LogP contribution < -0.4 is 4.90 Å². The van der Waals surface area contributed by atoms with Gasteiger partial charge in [-0.05, 0) is 26.0 Å². The first-order valence-electron chi connectivity index (χ1n) is 5.10. The van der Waals surface area contributed by atoms with Gasteiger partial charge in [0.05, 0.1) is 12.6 Å². The molecule has 4 nitrogen and oxygen atoms in total. The summed E-state index contributed by atoms with van der Waals surface area (Å²) in [5, 5.41) is 8.63. The molecule has 0 fully saturated rings. The second-order valence-corrected chi connectivity index (χ2v) is 3.77. The average molecular weight is 226 g/mol. The van der Waals surface area contributed by atoms with Crippen molar-refractivity contribution in [3.05, 3.63) is 24.1 Å². The summed E-state index contributed by atoms with van der Waals surface area (Å²) in [6.07, 6.45) is 1.17. The number of hydrogen-bond donors (Lipinski definition) is 1. The molecule has 1 rings (SSSR count). The van der Waals surface area contributed by atoms with E-state index >= 15 is 0 Å². The third kappa shape index (κ3) is 3.49. The Hall–Kier alpha value is -1.65. The van der Waals surface area contributed by atoms with Gasteiger partial charge in [-0.2, -0.15) is 0 Å². The Kier molecular flexibility index (Phi) is 4.22. The van der Waals surface area contributed by atoms with Crippen molar-refractivity contribution < 1.29 is 14.3 Å². The Morgan fingerprint density at radius 2 is 2.25 bits per heavy atom. The molecule has 0 saturated carbocycles. The lowest BCUT2D eigenvalue weighted by Gasteiger charge is -2.27. The van der Waals surface area contributed by atoms with Gasteiger partial charge >= 0.3 is 5.97 Å². The summed E-state index contributed by atoms with van der Waals surface area (Å²) in [6, 6.07) is 2.99. The molecule has 1 N–H and O–H groups in total. The van der Waals surface area contributed by atoms with Gasteiger partial charge in [0.15, 0.2) is 0 Å². The van der Waals surface area contributed by atoms with E-state index in [9.17, 15) is 9.18 Å². The third-order valence-corrected chi connectivity index (χ3v) is 2.20. The minimum absolute atomic E-state index is 0.0389. The molecule has 1 aromatic rings. The van der Waals surface area contributed by atoms with Crippen molar-refractivity contribution in [2.75, 3.05) is 11.4 Å². The molecule has 1 aromatic heterocycles. The highest BCUT2D eigenvalue weighted by Gasteiger charge is 2.13. The quantitative estimate of drug-likeness (QED) is 0.833. The summed E-state index contributed by atoms with van der Waals surface area (Å²) >= 11 is 0. The van der Waals surface area contributed by atoms with Crippen LogP contribution in [0.1, 0.15) is 20.3 Å². The van der Waals surface area contributed by atoms with E-state index in [-0.39, 0.29) is 12.5 Å². The monoisotopic (exact) mass is 226 g/mol. The number of carbonyl (C=O) groups is 1. The van der Waals surface area contributed by atoms with Crippen molar-refractivity contribution in [3.63, 3.8) is 0 Å². The smallest absolute Gasteiger partial charge is 0.305 e. The molecule has 0 saturated heterocycles. The fourth-order valence-corrected chi connectivity index (χ4v) is 1.39. The number of pyridine rings is 1. The maximum Gasteiger partial charge on any atom is 0.305 e. The molecular formula is C11H15FN2O2. The number of aromatic nitrogens is 1. The molecule has 0 aliphatic heterocycles. The van der Waals surface area contributed by atoms with Crippen LogP contribution in [0.15, 0.2) is 18.3 Å². The van der Waals surface area contributed by atoms with E-state index in [1.54, 1.807) is 6.07 Å². The van der Waals surface area contributed by atoms with Crippen molar-refractivity contribution in [2.45, 2.75) is 26.3 Å². The van der Waals surface area contributed by atoms with Crippen LogP contribution in [0, 0.1) is 5.82 Å². The summed E-state index contributed by atoms with van der Waals surface area (Å²) in [6.45, 7) is 4.24. The minimum atomic E-state index is -0.854. The van der Waals surface area contributed by atoms with Gasteiger partial charge in [-0.3, -0.25) is 4.79 Å². The Labute approximate surface area is 93.7 Å². The molecule has 1 heterocycles. The Balaban J connectivity index is 2.77. The molecule has 0 aliphatic carbocycles. The highest BCUT2D eigenvalue weighted by molar-refractivity contribution is 5.67. The summed E-state index contributed by atoms with van der Waals surface area (Å²) in [7, 11) is 0. The van der Waals surface area contributed by atoms with Crippen molar-refractivity contribution in [1.82, 2.24) is 4.98 Å². The fourth-order valence-electron chi connectivity index (χ4n) is 1.39. The number of aliphatic carboxylic acids is 1. The van der Waals surface area contributed by atoms with Crippen LogP contribution in [0.25, 0.3) is 0 Å². The number of carboxylic acid groups (broad SMARTS) is 1. The Bertz CT molecular complexity index is 352. The largest absolute Gasteiger partial charge is 0.481 e. The van der Waals surface area contributed by atoms with Crippen molar-refractivity contribution >= 4 is 11.8 Å². The molecule has 0 radical (unpaired) electrons. The molecule has 0 amide bonds. The summed E-state index contributed by atoms with van der Waals surface area (Å²) < 4.78 is 12.7. The SMILES string of the molecule is CC(C)N(CCC(=O)O)c1ccc(F)cn1. The van der Waals surface area contributed by atoms with Crippen LogP contribution in [0.2, 0.25) is 0 Å². The predicted octanol–water partition coefficient (Wildman–Crippen LogP) is 1.91. The normalized spacial score (nSPS) is 10.5. The van der Waals surface area contributed by atoms with Crippen LogP contribution in [0.3, 0.4) is 0 Å². The van der Waals surface area contributed by atoms with Crippen molar-refractivity contribution in [2.24, 2.45) is 0 Å². The first-order chi connectivity index (χ1) is 7.50. The Morgan fingerprint density at radius 1 is 1.56 bits per heavy atom. The number of anilines is 1. The predicted molar refractivity (Wildman–Crippen MR) is 58.9 cm³/mol. The zero-order valence-corrected chi connectivity index (χ0v) is 9.35. The lowest BCUT2D eigenvalue weighted by atomic mass is 10.2. The lowest BCUT2D eigenvalue weighted by Crippen LogP contribution is -2.33. The molecule has 0 bridgehead atoms. The van der Waals surface area contributed by atoms with E-state index < -0.39 is 11.8 Å². The maximum absolute atomic E-state index is 12.7. The first kappa shape index (κ1) is 12.4. The molecule has 0 aliphatic rings. The van der Waals surface area contributed by atoms with E-state index in [1.807, 2.05) is 18.7 Å². The number of carboxylic acids is 1. The van der Waals surface area contributed by atoms with Gasteiger partial charge in [-0.25, -0.2) is 9.37 Å². The topological polar surface area (TPSA) is 53.4 Å². The van der Waals surface area contributed by atoms with Crippen LogP contribution in [0.5, 0.6) is 0 Å². The van der Waals surface area contributed by atoms with Crippen molar-refractivity contribution in [1.29, 1.82) is 0 Å². The molecule has 0 aromatic carbocycles. The summed E-state index contributed by atoms with van der Waals surface area (Å²) in [5.74, 6) is -0.656. The molecule has 5 heteroatoms. The van der Waals surface area contributed by atoms with Gasteiger partial charge < -0.3 is 10.0 Å². The Morgan fingerprint density at radius 3 is 2.69 bits per heavy atom. The van der Waals surface area contributed by atoms with Gasteiger partial charge in [-0.15, -0.1) is 0 Å². The van der Waals surface area contributed by atoms with Gasteiger partial charge in [0.2, 0.25) is 0 Å². The lowest BCUT2D eigenvalue weighted by molar-refractivity contribution is -0.136. The van der Waals surface area contributed by atoms with E-state index in [1.165, 1.54) is 6.07 Å². The van der Waals surface area contributed by atoms with E-state index in [0.29, 0.717) is 12.4 Å². The van der Waals surface area contributed by atoms with Crippen LogP contribution in [-0.4, -0.2) is 28.6 Å². The zero-order chi connectivity index (χ0) is 12.1. The van der Waals surface area contributed by atoms with E-state index in [2.05, 4.69) is 4.98 Å². The second-order valence-electron chi connectivity index (χ2n) is 3.77. The van der Waals surface area contributed by atoms with E-state index in [0.717, 1.165) is 6.20 Å². The summed E-state index contributed by atoms with van der Waals surface area (Å²) in [4.78, 5) is 16.3. The molecule has 16 heavy (non-hydrogen) atoms. The first-order valence-corrected chi connectivity index (χ1v) is 5.10. The van der Waals surface area contributed by atoms with Crippen LogP contribution in [-0.2, 0) is 4.79 Å². The molecule has 88 valence electrons. The summed E-state index contributed by atoms with van der Waals surface area (Å²) in [5.41, 5.74) is 0. The number of nitrogens with zero attached hydrogens (tertiary/aromatic N) is 2. The maximum atomic E-state index is 12.7. The second kappa shape index (κ2) is 5.44. The van der Waals surface area contributed by atoms with E-state index in [4.69, 9.17) is 5.11 Å². The minimum Gasteiger partial charge on any atom is -0.481 e. The number of hydrogen-bond acceptors (Lipinski definition) is 3. The molecule has 0 spiro atoms. The van der Waals surface area contributed by atoms with Gasteiger partial charge in [0.25, 0.3) is 0 Å². The average Bonchev–Trinajstić information content (AvgIpc) is 2.20. The highest BCUT2D eigenvalue weighted by Crippen LogP contribution is 2.14. The van der Waals surface area contributed by atoms with Gasteiger partial charge in [-0.1, -0.05) is 0 Å². The van der Waals surface area contributed by atoms with Crippen molar-refractivity contribution in [3.8, 4) is 0 Å². The third-order valence-electron chi connectivity index (χ3n) is 2.20. The molecular weight excluding hydrogens is 211 g/mol.